The highest BCUT2D eigenvalue weighted by atomic mass is 35.5. The lowest BCUT2D eigenvalue weighted by Gasteiger charge is -2.34. The van der Waals surface area contributed by atoms with E-state index in [1.54, 1.807) is 37.4 Å². The van der Waals surface area contributed by atoms with E-state index in [1.807, 2.05) is 35.2 Å². The Kier molecular flexibility index (Phi) is 8.47. The number of rotatable bonds is 10. The molecule has 1 atom stereocenters. The highest BCUT2D eigenvalue weighted by Crippen LogP contribution is 2.47. The van der Waals surface area contributed by atoms with Crippen molar-refractivity contribution in [3.05, 3.63) is 82.9 Å². The van der Waals surface area contributed by atoms with Crippen LogP contribution in [0.2, 0.25) is 5.02 Å². The standard InChI is InChI=1S/C31H33ClN2O6/c1-38-24-17-23(18-25(19-24)40-14-4-7-28(35)36)33-29(21-8-10-22(32)11-9-21)30(37)34-20-31(12-15-39-16-13-31)26-5-2-3-6-27(26)34/h2-3,5-6,8-11,17-19,29,33H,4,7,12-16,20H2,1H3,(H,35,36). The molecule has 1 amide bonds. The molecule has 2 N–H and O–H groups in total. The normalized spacial score (nSPS) is 16.3. The number of carboxylic acids is 1. The molecule has 3 aromatic rings. The summed E-state index contributed by atoms with van der Waals surface area (Å²) in [6.07, 6.45) is 2.13. The Labute approximate surface area is 238 Å². The second-order valence-electron chi connectivity index (χ2n) is 10.2. The second-order valence-corrected chi connectivity index (χ2v) is 10.6. The number of carboxylic acid groups (broad SMARTS) is 1. The van der Waals surface area contributed by atoms with Crippen molar-refractivity contribution in [2.24, 2.45) is 0 Å². The Morgan fingerprint density at radius 2 is 1.80 bits per heavy atom. The van der Waals surface area contributed by atoms with Gasteiger partial charge in [-0.1, -0.05) is 41.9 Å². The van der Waals surface area contributed by atoms with Gasteiger partial charge in [-0.25, -0.2) is 0 Å². The van der Waals surface area contributed by atoms with E-state index < -0.39 is 12.0 Å². The van der Waals surface area contributed by atoms with Gasteiger partial charge < -0.3 is 29.5 Å². The van der Waals surface area contributed by atoms with Crippen LogP contribution in [0, 0.1) is 0 Å². The van der Waals surface area contributed by atoms with Gasteiger partial charge in [0.2, 0.25) is 0 Å². The van der Waals surface area contributed by atoms with E-state index in [0.29, 0.717) is 48.4 Å². The van der Waals surface area contributed by atoms with Gasteiger partial charge in [-0.3, -0.25) is 9.59 Å². The molecule has 0 aromatic heterocycles. The maximum atomic E-state index is 14.4. The number of ether oxygens (including phenoxy) is 3. The Balaban J connectivity index is 1.46. The van der Waals surface area contributed by atoms with E-state index in [4.69, 9.17) is 30.9 Å². The number of methoxy groups -OCH3 is 1. The number of para-hydroxylation sites is 1. The van der Waals surface area contributed by atoms with Crippen molar-refractivity contribution in [3.8, 4) is 11.5 Å². The summed E-state index contributed by atoms with van der Waals surface area (Å²) in [7, 11) is 1.56. The molecule has 2 aliphatic rings. The number of halogens is 1. The summed E-state index contributed by atoms with van der Waals surface area (Å²) >= 11 is 6.19. The first-order valence-corrected chi connectivity index (χ1v) is 13.8. The van der Waals surface area contributed by atoms with Gasteiger partial charge in [0.05, 0.1) is 13.7 Å². The number of carbonyl (C=O) groups is 2. The molecule has 2 heterocycles. The van der Waals surface area contributed by atoms with Crippen LogP contribution in [0.3, 0.4) is 0 Å². The molecule has 0 bridgehead atoms. The zero-order chi connectivity index (χ0) is 28.1. The van der Waals surface area contributed by atoms with Crippen LogP contribution >= 0.6 is 11.6 Å². The molecule has 9 heteroatoms. The molecule has 1 saturated heterocycles. The smallest absolute Gasteiger partial charge is 0.303 e. The second kappa shape index (κ2) is 12.2. The molecular formula is C31H33ClN2O6. The highest BCUT2D eigenvalue weighted by molar-refractivity contribution is 6.30. The molecule has 0 saturated carbocycles. The molecule has 1 unspecified atom stereocenters. The third-order valence-corrected chi connectivity index (χ3v) is 7.88. The third kappa shape index (κ3) is 6.03. The minimum atomic E-state index is -0.869. The van der Waals surface area contributed by atoms with Crippen LogP contribution in [0.15, 0.2) is 66.7 Å². The highest BCUT2D eigenvalue weighted by Gasteiger charge is 2.46. The number of nitrogens with one attached hydrogen (secondary N) is 1. The Morgan fingerprint density at radius 1 is 1.07 bits per heavy atom. The lowest BCUT2D eigenvalue weighted by atomic mass is 9.76. The zero-order valence-electron chi connectivity index (χ0n) is 22.4. The average molecular weight is 565 g/mol. The first kappa shape index (κ1) is 27.8. The van der Waals surface area contributed by atoms with Gasteiger partial charge in [-0.15, -0.1) is 0 Å². The minimum Gasteiger partial charge on any atom is -0.497 e. The number of nitrogens with zero attached hydrogens (tertiary/aromatic N) is 1. The monoisotopic (exact) mass is 564 g/mol. The predicted molar refractivity (Wildman–Crippen MR) is 154 cm³/mol. The van der Waals surface area contributed by atoms with Crippen molar-refractivity contribution in [1.29, 1.82) is 0 Å². The van der Waals surface area contributed by atoms with Crippen LogP contribution in [0.25, 0.3) is 0 Å². The fraction of sp³-hybridized carbons (Fsp3) is 0.355. The predicted octanol–water partition coefficient (Wildman–Crippen LogP) is 5.84. The largest absolute Gasteiger partial charge is 0.497 e. The van der Waals surface area contributed by atoms with Crippen molar-refractivity contribution in [1.82, 2.24) is 0 Å². The SMILES string of the molecule is COc1cc(NC(C(=O)N2CC3(CCOCC3)c3ccccc32)c2ccc(Cl)cc2)cc(OCCCC(=O)O)c1. The van der Waals surface area contributed by atoms with Gasteiger partial charge in [0, 0.05) is 66.2 Å². The van der Waals surface area contributed by atoms with E-state index in [1.165, 1.54) is 5.56 Å². The number of amides is 1. The topological polar surface area (TPSA) is 97.3 Å². The quantitative estimate of drug-likeness (QED) is 0.299. The third-order valence-electron chi connectivity index (χ3n) is 7.62. The summed E-state index contributed by atoms with van der Waals surface area (Å²) < 4.78 is 17.0. The Bertz CT molecular complexity index is 1360. The number of fused-ring (bicyclic) bond motifs is 2. The summed E-state index contributed by atoms with van der Waals surface area (Å²) in [4.78, 5) is 27.2. The van der Waals surface area contributed by atoms with Gasteiger partial charge in [-0.2, -0.15) is 0 Å². The summed E-state index contributed by atoms with van der Waals surface area (Å²) in [6.45, 7) is 2.19. The number of carbonyl (C=O) groups excluding carboxylic acids is 1. The molecule has 1 spiro atoms. The van der Waals surface area contributed by atoms with Crippen LogP contribution < -0.4 is 19.7 Å². The van der Waals surface area contributed by atoms with E-state index in [0.717, 1.165) is 24.1 Å². The van der Waals surface area contributed by atoms with E-state index >= 15 is 0 Å². The first-order chi connectivity index (χ1) is 19.4. The number of anilines is 2. The summed E-state index contributed by atoms with van der Waals surface area (Å²) in [5.41, 5.74) is 3.41. The van der Waals surface area contributed by atoms with E-state index in [-0.39, 0.29) is 24.3 Å². The van der Waals surface area contributed by atoms with Crippen LogP contribution in [0.1, 0.15) is 42.9 Å². The van der Waals surface area contributed by atoms with Crippen molar-refractivity contribution in [2.75, 3.05) is 43.7 Å². The van der Waals surface area contributed by atoms with E-state index in [2.05, 4.69) is 11.4 Å². The minimum absolute atomic E-state index is 0.0210. The Morgan fingerprint density at radius 3 is 2.52 bits per heavy atom. The van der Waals surface area contributed by atoms with Gasteiger partial charge in [0.15, 0.2) is 0 Å². The maximum Gasteiger partial charge on any atom is 0.303 e. The molecule has 0 radical (unpaired) electrons. The lowest BCUT2D eigenvalue weighted by Crippen LogP contribution is -2.43. The molecule has 0 aliphatic carbocycles. The summed E-state index contributed by atoms with van der Waals surface area (Å²) in [5.74, 6) is 0.118. The number of aliphatic carboxylic acids is 1. The molecule has 210 valence electrons. The van der Waals surface area contributed by atoms with Crippen molar-refractivity contribution in [2.45, 2.75) is 37.1 Å². The first-order valence-electron chi connectivity index (χ1n) is 13.4. The summed E-state index contributed by atoms with van der Waals surface area (Å²) in [6, 6.07) is 20.0. The van der Waals surface area contributed by atoms with Gasteiger partial charge in [0.1, 0.15) is 17.5 Å². The van der Waals surface area contributed by atoms with E-state index in [9.17, 15) is 9.59 Å². The fourth-order valence-corrected chi connectivity index (χ4v) is 5.68. The molecule has 40 heavy (non-hydrogen) atoms. The molecule has 2 aliphatic heterocycles. The van der Waals surface area contributed by atoms with Crippen LogP contribution in [0.5, 0.6) is 11.5 Å². The van der Waals surface area contributed by atoms with Crippen molar-refractivity contribution < 1.29 is 28.9 Å². The van der Waals surface area contributed by atoms with Crippen LogP contribution in [-0.4, -0.2) is 50.5 Å². The van der Waals surface area contributed by atoms with Crippen LogP contribution in [0.4, 0.5) is 11.4 Å². The van der Waals surface area contributed by atoms with Gasteiger partial charge >= 0.3 is 5.97 Å². The molecule has 1 fully saturated rings. The number of hydrogen-bond acceptors (Lipinski definition) is 6. The molecule has 8 nitrogen and oxygen atoms in total. The number of benzene rings is 3. The average Bonchev–Trinajstić information content (AvgIpc) is 3.28. The molecular weight excluding hydrogens is 532 g/mol. The van der Waals surface area contributed by atoms with Crippen molar-refractivity contribution in [3.63, 3.8) is 0 Å². The zero-order valence-corrected chi connectivity index (χ0v) is 23.2. The van der Waals surface area contributed by atoms with Gasteiger partial charge in [-0.05, 0) is 48.6 Å². The molecule has 5 rings (SSSR count). The van der Waals surface area contributed by atoms with Gasteiger partial charge in [0.25, 0.3) is 5.91 Å². The maximum absolute atomic E-state index is 14.4. The van der Waals surface area contributed by atoms with Crippen molar-refractivity contribution >= 4 is 34.9 Å². The number of hydrogen-bond donors (Lipinski definition) is 2. The fourth-order valence-electron chi connectivity index (χ4n) is 5.55. The molecule has 3 aromatic carbocycles. The van der Waals surface area contributed by atoms with Crippen LogP contribution in [-0.2, 0) is 19.7 Å². The summed E-state index contributed by atoms with van der Waals surface area (Å²) in [5, 5.41) is 12.9. The lowest BCUT2D eigenvalue weighted by molar-refractivity contribution is -0.137. The Hall–Kier alpha value is -3.75.